The summed E-state index contributed by atoms with van der Waals surface area (Å²) in [7, 11) is -1.06. The standard InChI is InChI=1S/C11H23NO3S/c1-9(2)11(8-15-3)12-10-4-6-16(13,14)7-5-10/h9-12H,4-8H2,1-3H3. The van der Waals surface area contributed by atoms with Crippen LogP contribution >= 0.6 is 0 Å². The predicted octanol–water partition coefficient (Wildman–Crippen LogP) is 0.824. The Kier molecular flexibility index (Phi) is 5.21. The summed E-state index contributed by atoms with van der Waals surface area (Å²) < 4.78 is 27.7. The van der Waals surface area contributed by atoms with Gasteiger partial charge in [-0.3, -0.25) is 0 Å². The van der Waals surface area contributed by atoms with Crippen molar-refractivity contribution in [1.29, 1.82) is 0 Å². The van der Waals surface area contributed by atoms with Gasteiger partial charge in [0.1, 0.15) is 9.84 Å². The van der Waals surface area contributed by atoms with Gasteiger partial charge in [-0.2, -0.15) is 0 Å². The second-order valence-corrected chi connectivity index (χ2v) is 7.20. The average molecular weight is 249 g/mol. The maximum Gasteiger partial charge on any atom is 0.150 e. The van der Waals surface area contributed by atoms with Gasteiger partial charge in [0.05, 0.1) is 18.1 Å². The van der Waals surface area contributed by atoms with Gasteiger partial charge >= 0.3 is 0 Å². The summed E-state index contributed by atoms with van der Waals surface area (Å²) in [5, 5.41) is 3.50. The summed E-state index contributed by atoms with van der Waals surface area (Å²) in [5.41, 5.74) is 0. The lowest BCUT2D eigenvalue weighted by atomic mass is 10.0. The lowest BCUT2D eigenvalue weighted by Gasteiger charge is -2.30. The number of sulfone groups is 1. The van der Waals surface area contributed by atoms with Crippen LogP contribution < -0.4 is 5.32 Å². The Morgan fingerprint density at radius 3 is 2.31 bits per heavy atom. The second kappa shape index (κ2) is 5.98. The lowest BCUT2D eigenvalue weighted by Crippen LogP contribution is -2.47. The molecule has 0 bridgehead atoms. The van der Waals surface area contributed by atoms with Gasteiger partial charge in [-0.25, -0.2) is 8.42 Å². The van der Waals surface area contributed by atoms with Gasteiger partial charge in [0.2, 0.25) is 0 Å². The molecule has 1 N–H and O–H groups in total. The maximum atomic E-state index is 11.3. The van der Waals surface area contributed by atoms with Crippen LogP contribution in [0.1, 0.15) is 26.7 Å². The largest absolute Gasteiger partial charge is 0.383 e. The topological polar surface area (TPSA) is 55.4 Å². The predicted molar refractivity (Wildman–Crippen MR) is 65.3 cm³/mol. The number of hydrogen-bond donors (Lipinski definition) is 1. The maximum absolute atomic E-state index is 11.3. The minimum absolute atomic E-state index is 0.316. The first-order valence-corrected chi connectivity index (χ1v) is 7.72. The molecule has 1 saturated heterocycles. The molecule has 1 aliphatic rings. The first-order chi connectivity index (χ1) is 7.44. The molecule has 0 aromatic carbocycles. The number of hydrogen-bond acceptors (Lipinski definition) is 4. The normalized spacial score (nSPS) is 23.5. The molecular weight excluding hydrogens is 226 g/mol. The number of rotatable bonds is 5. The third-order valence-corrected chi connectivity index (χ3v) is 4.87. The molecule has 1 atom stereocenters. The van der Waals surface area contributed by atoms with Crippen LogP contribution in [0.15, 0.2) is 0 Å². The van der Waals surface area contributed by atoms with Crippen LogP contribution in [0.25, 0.3) is 0 Å². The summed E-state index contributed by atoms with van der Waals surface area (Å²) >= 11 is 0. The Bertz CT molecular complexity index is 286. The molecule has 1 aliphatic heterocycles. The highest BCUT2D eigenvalue weighted by Crippen LogP contribution is 2.14. The second-order valence-electron chi connectivity index (χ2n) is 4.90. The Morgan fingerprint density at radius 1 is 1.31 bits per heavy atom. The zero-order valence-electron chi connectivity index (χ0n) is 10.4. The Hall–Kier alpha value is -0.130. The molecule has 0 spiro atoms. The van der Waals surface area contributed by atoms with Gasteiger partial charge in [0, 0.05) is 19.2 Å². The van der Waals surface area contributed by atoms with Gasteiger partial charge in [-0.15, -0.1) is 0 Å². The van der Waals surface area contributed by atoms with Crippen molar-refractivity contribution in [1.82, 2.24) is 5.32 Å². The Balaban J connectivity index is 2.42. The van der Waals surface area contributed by atoms with Gasteiger partial charge in [-0.1, -0.05) is 13.8 Å². The summed E-state index contributed by atoms with van der Waals surface area (Å²) in [5.74, 6) is 1.14. The van der Waals surface area contributed by atoms with Crippen LogP contribution in [0.4, 0.5) is 0 Å². The van der Waals surface area contributed by atoms with E-state index in [0.29, 0.717) is 36.1 Å². The number of methoxy groups -OCH3 is 1. The van der Waals surface area contributed by atoms with E-state index in [4.69, 9.17) is 4.74 Å². The number of ether oxygens (including phenoxy) is 1. The molecule has 0 aromatic rings. The van der Waals surface area contributed by atoms with E-state index in [-0.39, 0.29) is 0 Å². The molecule has 16 heavy (non-hydrogen) atoms. The van der Waals surface area contributed by atoms with E-state index in [1.54, 1.807) is 7.11 Å². The van der Waals surface area contributed by atoms with Crippen LogP contribution in [0.3, 0.4) is 0 Å². The van der Waals surface area contributed by atoms with Gasteiger partial charge in [0.15, 0.2) is 0 Å². The molecule has 1 rings (SSSR count). The van der Waals surface area contributed by atoms with Crippen molar-refractivity contribution in [2.45, 2.75) is 38.8 Å². The van der Waals surface area contributed by atoms with E-state index in [1.807, 2.05) is 0 Å². The molecule has 0 saturated carbocycles. The first-order valence-electron chi connectivity index (χ1n) is 5.90. The highest BCUT2D eigenvalue weighted by molar-refractivity contribution is 7.91. The minimum atomic E-state index is -2.76. The molecule has 5 heteroatoms. The molecular formula is C11H23NO3S. The molecule has 0 aliphatic carbocycles. The highest BCUT2D eigenvalue weighted by atomic mass is 32.2. The van der Waals surface area contributed by atoms with Crippen molar-refractivity contribution in [2.75, 3.05) is 25.2 Å². The highest BCUT2D eigenvalue weighted by Gasteiger charge is 2.26. The average Bonchev–Trinajstić information content (AvgIpc) is 2.20. The Labute approximate surface area is 98.7 Å². The fourth-order valence-electron chi connectivity index (χ4n) is 1.97. The third-order valence-electron chi connectivity index (χ3n) is 3.16. The molecule has 0 aromatic heterocycles. The van der Waals surface area contributed by atoms with E-state index in [1.165, 1.54) is 0 Å². The molecule has 1 heterocycles. The van der Waals surface area contributed by atoms with Gasteiger partial charge < -0.3 is 10.1 Å². The minimum Gasteiger partial charge on any atom is -0.383 e. The van der Waals surface area contributed by atoms with Crippen LogP contribution in [-0.2, 0) is 14.6 Å². The SMILES string of the molecule is COCC(NC1CCS(=O)(=O)CC1)C(C)C. The van der Waals surface area contributed by atoms with Crippen LogP contribution in [0.5, 0.6) is 0 Å². The van der Waals surface area contributed by atoms with Gasteiger partial charge in [0.25, 0.3) is 0 Å². The first kappa shape index (κ1) is 13.9. The van der Waals surface area contributed by atoms with Crippen molar-refractivity contribution in [3.63, 3.8) is 0 Å². The summed E-state index contributed by atoms with van der Waals surface area (Å²) in [4.78, 5) is 0. The fourth-order valence-corrected chi connectivity index (χ4v) is 3.46. The van der Waals surface area contributed by atoms with Crippen molar-refractivity contribution >= 4 is 9.84 Å². The van der Waals surface area contributed by atoms with Crippen molar-refractivity contribution in [3.8, 4) is 0 Å². The smallest absolute Gasteiger partial charge is 0.150 e. The summed E-state index contributed by atoms with van der Waals surface area (Å²) in [6, 6.07) is 0.641. The lowest BCUT2D eigenvalue weighted by molar-refractivity contribution is 0.139. The number of nitrogens with one attached hydrogen (secondary N) is 1. The zero-order valence-corrected chi connectivity index (χ0v) is 11.2. The van der Waals surface area contributed by atoms with E-state index >= 15 is 0 Å². The molecule has 1 unspecified atom stereocenters. The fraction of sp³-hybridized carbons (Fsp3) is 1.00. The van der Waals surface area contributed by atoms with Crippen LogP contribution in [0, 0.1) is 5.92 Å². The van der Waals surface area contributed by atoms with Crippen molar-refractivity contribution < 1.29 is 13.2 Å². The Morgan fingerprint density at radius 2 is 1.88 bits per heavy atom. The van der Waals surface area contributed by atoms with E-state index in [9.17, 15) is 8.42 Å². The van der Waals surface area contributed by atoms with E-state index in [2.05, 4.69) is 19.2 Å². The van der Waals surface area contributed by atoms with Crippen molar-refractivity contribution in [2.24, 2.45) is 5.92 Å². The van der Waals surface area contributed by atoms with Crippen LogP contribution in [-0.4, -0.2) is 45.7 Å². The molecule has 0 radical (unpaired) electrons. The third kappa shape index (κ3) is 4.39. The zero-order chi connectivity index (χ0) is 12.2. The van der Waals surface area contributed by atoms with Crippen molar-refractivity contribution in [3.05, 3.63) is 0 Å². The molecule has 1 fully saturated rings. The summed E-state index contributed by atoms with van der Waals surface area (Å²) in [6.45, 7) is 4.98. The molecule has 0 amide bonds. The quantitative estimate of drug-likeness (QED) is 0.784. The summed E-state index contributed by atoms with van der Waals surface area (Å²) in [6.07, 6.45) is 1.46. The van der Waals surface area contributed by atoms with E-state index in [0.717, 1.165) is 12.8 Å². The molecule has 96 valence electrons. The molecule has 4 nitrogen and oxygen atoms in total. The van der Waals surface area contributed by atoms with Gasteiger partial charge in [-0.05, 0) is 18.8 Å². The van der Waals surface area contributed by atoms with Crippen LogP contribution in [0.2, 0.25) is 0 Å². The monoisotopic (exact) mass is 249 g/mol. The van der Waals surface area contributed by atoms with E-state index < -0.39 is 9.84 Å².